The molecule has 0 aliphatic carbocycles. The molecule has 1 amide bonds. The Morgan fingerprint density at radius 3 is 2.54 bits per heavy atom. The summed E-state index contributed by atoms with van der Waals surface area (Å²) in [7, 11) is 1.64. The van der Waals surface area contributed by atoms with Crippen molar-refractivity contribution in [1.29, 1.82) is 0 Å². The van der Waals surface area contributed by atoms with E-state index < -0.39 is 6.04 Å². The van der Waals surface area contributed by atoms with Crippen LogP contribution in [0.2, 0.25) is 0 Å². The standard InChI is InChI=1S/C19H21N5O2/c1-26-17-9-7-15(8-10-17)11-12-20-19(25)18(24-14-21-22-23-24)13-16-5-3-2-4-6-16/h2-10,14,18H,11-13H2,1H3,(H,20,25). The van der Waals surface area contributed by atoms with Crippen LogP contribution in [0.4, 0.5) is 0 Å². The fourth-order valence-corrected chi connectivity index (χ4v) is 2.69. The fraction of sp³-hybridized carbons (Fsp3) is 0.263. The van der Waals surface area contributed by atoms with Gasteiger partial charge in [-0.05, 0) is 40.1 Å². The zero-order valence-electron chi connectivity index (χ0n) is 14.6. The van der Waals surface area contributed by atoms with E-state index in [1.807, 2.05) is 54.6 Å². The smallest absolute Gasteiger partial charge is 0.245 e. The van der Waals surface area contributed by atoms with Gasteiger partial charge in [0, 0.05) is 13.0 Å². The normalized spacial score (nSPS) is 11.7. The number of ether oxygens (including phenoxy) is 1. The molecule has 134 valence electrons. The van der Waals surface area contributed by atoms with Gasteiger partial charge < -0.3 is 10.1 Å². The van der Waals surface area contributed by atoms with Crippen molar-refractivity contribution >= 4 is 5.91 Å². The van der Waals surface area contributed by atoms with Gasteiger partial charge in [-0.2, -0.15) is 0 Å². The fourth-order valence-electron chi connectivity index (χ4n) is 2.69. The van der Waals surface area contributed by atoms with Crippen LogP contribution in [-0.4, -0.2) is 39.8 Å². The van der Waals surface area contributed by atoms with Gasteiger partial charge in [-0.3, -0.25) is 4.79 Å². The van der Waals surface area contributed by atoms with Gasteiger partial charge >= 0.3 is 0 Å². The molecule has 0 saturated heterocycles. The largest absolute Gasteiger partial charge is 0.497 e. The average molecular weight is 351 g/mol. The molecule has 0 bridgehead atoms. The highest BCUT2D eigenvalue weighted by Crippen LogP contribution is 2.14. The van der Waals surface area contributed by atoms with E-state index in [0.717, 1.165) is 23.3 Å². The third-order valence-corrected chi connectivity index (χ3v) is 4.13. The van der Waals surface area contributed by atoms with Crippen molar-refractivity contribution in [2.75, 3.05) is 13.7 Å². The zero-order valence-corrected chi connectivity index (χ0v) is 14.6. The maximum absolute atomic E-state index is 12.7. The Bertz CT molecular complexity index is 804. The zero-order chi connectivity index (χ0) is 18.2. The molecule has 0 saturated carbocycles. The van der Waals surface area contributed by atoms with Crippen molar-refractivity contribution in [1.82, 2.24) is 25.5 Å². The van der Waals surface area contributed by atoms with E-state index in [2.05, 4.69) is 20.8 Å². The lowest BCUT2D eigenvalue weighted by molar-refractivity contribution is -0.124. The predicted molar refractivity (Wildman–Crippen MR) is 96.7 cm³/mol. The number of carbonyl (C=O) groups excluding carboxylic acids is 1. The van der Waals surface area contributed by atoms with Gasteiger partial charge in [0.2, 0.25) is 5.91 Å². The van der Waals surface area contributed by atoms with Crippen molar-refractivity contribution in [3.63, 3.8) is 0 Å². The van der Waals surface area contributed by atoms with Gasteiger partial charge in [0.15, 0.2) is 0 Å². The minimum absolute atomic E-state index is 0.102. The second-order valence-corrected chi connectivity index (χ2v) is 5.88. The van der Waals surface area contributed by atoms with Crippen LogP contribution in [0.1, 0.15) is 17.2 Å². The molecule has 0 aliphatic rings. The topological polar surface area (TPSA) is 81.9 Å². The number of rotatable bonds is 8. The second kappa shape index (κ2) is 8.75. The maximum Gasteiger partial charge on any atom is 0.245 e. The molecule has 0 spiro atoms. The first-order valence-corrected chi connectivity index (χ1v) is 8.43. The number of amides is 1. The predicted octanol–water partition coefficient (Wildman–Crippen LogP) is 1.82. The highest BCUT2D eigenvalue weighted by Gasteiger charge is 2.21. The minimum Gasteiger partial charge on any atom is -0.497 e. The van der Waals surface area contributed by atoms with E-state index in [1.165, 1.54) is 11.0 Å². The lowest BCUT2D eigenvalue weighted by atomic mass is 10.1. The molecule has 1 N–H and O–H groups in total. The Morgan fingerprint density at radius 1 is 1.12 bits per heavy atom. The van der Waals surface area contributed by atoms with Crippen LogP contribution in [-0.2, 0) is 17.6 Å². The number of tetrazole rings is 1. The number of carbonyl (C=O) groups is 1. The number of benzene rings is 2. The van der Waals surface area contributed by atoms with Crippen molar-refractivity contribution in [2.45, 2.75) is 18.9 Å². The van der Waals surface area contributed by atoms with Gasteiger partial charge in [0.25, 0.3) is 0 Å². The van der Waals surface area contributed by atoms with Crippen molar-refractivity contribution in [3.8, 4) is 5.75 Å². The van der Waals surface area contributed by atoms with Crippen LogP contribution >= 0.6 is 0 Å². The van der Waals surface area contributed by atoms with Crippen molar-refractivity contribution < 1.29 is 9.53 Å². The molecule has 2 aromatic carbocycles. The number of aromatic nitrogens is 4. The first kappa shape index (κ1) is 17.6. The van der Waals surface area contributed by atoms with E-state index in [9.17, 15) is 4.79 Å². The van der Waals surface area contributed by atoms with E-state index in [1.54, 1.807) is 7.11 Å². The third kappa shape index (κ3) is 4.66. The summed E-state index contributed by atoms with van der Waals surface area (Å²) in [5.74, 6) is 0.717. The highest BCUT2D eigenvalue weighted by atomic mass is 16.5. The van der Waals surface area contributed by atoms with Gasteiger partial charge in [0.1, 0.15) is 18.1 Å². The first-order valence-electron chi connectivity index (χ1n) is 8.43. The molecule has 1 atom stereocenters. The summed E-state index contributed by atoms with van der Waals surface area (Å²) in [6, 6.07) is 17.2. The molecule has 26 heavy (non-hydrogen) atoms. The SMILES string of the molecule is COc1ccc(CCNC(=O)C(Cc2ccccc2)n2cnnn2)cc1. The van der Waals surface area contributed by atoms with Crippen LogP contribution in [0.3, 0.4) is 0 Å². The third-order valence-electron chi connectivity index (χ3n) is 4.13. The highest BCUT2D eigenvalue weighted by molar-refractivity contribution is 5.80. The van der Waals surface area contributed by atoms with Gasteiger partial charge in [-0.15, -0.1) is 5.10 Å². The monoisotopic (exact) mass is 351 g/mol. The molecule has 3 rings (SSSR count). The Kier molecular flexibility index (Phi) is 5.92. The first-order chi connectivity index (χ1) is 12.8. The van der Waals surface area contributed by atoms with Crippen LogP contribution in [0.5, 0.6) is 5.75 Å². The number of hydrogen-bond acceptors (Lipinski definition) is 5. The Balaban J connectivity index is 1.60. The van der Waals surface area contributed by atoms with Gasteiger partial charge in [0.05, 0.1) is 7.11 Å². The summed E-state index contributed by atoms with van der Waals surface area (Å²) in [5.41, 5.74) is 2.19. The van der Waals surface area contributed by atoms with Gasteiger partial charge in [-0.25, -0.2) is 4.68 Å². The summed E-state index contributed by atoms with van der Waals surface area (Å²) in [6.45, 7) is 0.540. The van der Waals surface area contributed by atoms with Crippen molar-refractivity contribution in [3.05, 3.63) is 72.1 Å². The molecular weight excluding hydrogens is 330 g/mol. The quantitative estimate of drug-likeness (QED) is 0.669. The summed E-state index contributed by atoms with van der Waals surface area (Å²) >= 11 is 0. The summed E-state index contributed by atoms with van der Waals surface area (Å²) < 4.78 is 6.65. The van der Waals surface area contributed by atoms with Crippen LogP contribution in [0, 0.1) is 0 Å². The van der Waals surface area contributed by atoms with Crippen molar-refractivity contribution in [2.24, 2.45) is 0 Å². The van der Waals surface area contributed by atoms with Crippen LogP contribution < -0.4 is 10.1 Å². The summed E-state index contributed by atoms with van der Waals surface area (Å²) in [6.07, 6.45) is 2.74. The Hall–Kier alpha value is -3.22. The molecule has 7 nitrogen and oxygen atoms in total. The minimum atomic E-state index is -0.483. The maximum atomic E-state index is 12.7. The number of methoxy groups -OCH3 is 1. The second-order valence-electron chi connectivity index (χ2n) is 5.88. The molecular formula is C19H21N5O2. The summed E-state index contributed by atoms with van der Waals surface area (Å²) in [4.78, 5) is 12.7. The molecule has 0 aliphatic heterocycles. The van der Waals surface area contributed by atoms with Gasteiger partial charge in [-0.1, -0.05) is 42.5 Å². The van der Waals surface area contributed by atoms with E-state index in [0.29, 0.717) is 13.0 Å². The number of hydrogen-bond donors (Lipinski definition) is 1. The molecule has 3 aromatic rings. The summed E-state index contributed by atoms with van der Waals surface area (Å²) in [5, 5.41) is 14.2. The number of nitrogens with one attached hydrogen (secondary N) is 1. The van der Waals surface area contributed by atoms with E-state index in [4.69, 9.17) is 4.74 Å². The average Bonchev–Trinajstić information content (AvgIpc) is 3.22. The van der Waals surface area contributed by atoms with E-state index in [-0.39, 0.29) is 5.91 Å². The molecule has 0 fully saturated rings. The molecule has 0 radical (unpaired) electrons. The Labute approximate surface area is 152 Å². The molecule has 1 unspecified atom stereocenters. The molecule has 1 heterocycles. The lowest BCUT2D eigenvalue weighted by Crippen LogP contribution is -2.35. The van der Waals surface area contributed by atoms with E-state index >= 15 is 0 Å². The van der Waals surface area contributed by atoms with Crippen LogP contribution in [0.25, 0.3) is 0 Å². The van der Waals surface area contributed by atoms with Crippen LogP contribution in [0.15, 0.2) is 60.9 Å². The Morgan fingerprint density at radius 2 is 1.88 bits per heavy atom. The number of nitrogens with zero attached hydrogens (tertiary/aromatic N) is 4. The lowest BCUT2D eigenvalue weighted by Gasteiger charge is -2.16. The molecule has 7 heteroatoms. The molecule has 1 aromatic heterocycles.